The Labute approximate surface area is 184 Å². The van der Waals surface area contributed by atoms with Crippen LogP contribution in [-0.2, 0) is 19.7 Å². The van der Waals surface area contributed by atoms with E-state index in [1.807, 2.05) is 61.9 Å². The predicted octanol–water partition coefficient (Wildman–Crippen LogP) is 4.24. The Bertz CT molecular complexity index is 903. The van der Waals surface area contributed by atoms with Gasteiger partial charge in [-0.05, 0) is 57.6 Å². The van der Waals surface area contributed by atoms with E-state index in [0.29, 0.717) is 13.0 Å². The van der Waals surface area contributed by atoms with Crippen LogP contribution in [0.25, 0.3) is 5.69 Å². The van der Waals surface area contributed by atoms with Crippen molar-refractivity contribution >= 4 is 12.1 Å². The number of para-hydroxylation sites is 1. The van der Waals surface area contributed by atoms with Crippen LogP contribution in [0.15, 0.2) is 42.9 Å². The SMILES string of the molecule is CC[C@H](CNC(=O)OC(C)(C)C)C[C@H]1CC1(C(=O)OC)c1cn(-c2ccccc2)cn1. The molecule has 1 heterocycles. The minimum atomic E-state index is -0.714. The quantitative estimate of drug-likeness (QED) is 0.637. The predicted molar refractivity (Wildman–Crippen MR) is 118 cm³/mol. The van der Waals surface area contributed by atoms with E-state index >= 15 is 0 Å². The highest BCUT2D eigenvalue weighted by Crippen LogP contribution is 2.57. The lowest BCUT2D eigenvalue weighted by Gasteiger charge is -2.22. The van der Waals surface area contributed by atoms with Crippen molar-refractivity contribution in [2.45, 2.75) is 58.0 Å². The van der Waals surface area contributed by atoms with E-state index in [2.05, 4.69) is 17.2 Å². The van der Waals surface area contributed by atoms with Gasteiger partial charge in [0.25, 0.3) is 0 Å². The van der Waals surface area contributed by atoms with Crippen molar-refractivity contribution in [2.75, 3.05) is 13.7 Å². The van der Waals surface area contributed by atoms with Crippen molar-refractivity contribution in [1.29, 1.82) is 0 Å². The summed E-state index contributed by atoms with van der Waals surface area (Å²) in [6.45, 7) is 8.12. The third-order valence-electron chi connectivity index (χ3n) is 5.88. The maximum atomic E-state index is 12.8. The highest BCUT2D eigenvalue weighted by molar-refractivity contribution is 5.86. The lowest BCUT2D eigenvalue weighted by molar-refractivity contribution is -0.144. The van der Waals surface area contributed by atoms with Crippen molar-refractivity contribution in [3.05, 3.63) is 48.5 Å². The Morgan fingerprint density at radius 1 is 1.29 bits per heavy atom. The van der Waals surface area contributed by atoms with Crippen molar-refractivity contribution < 1.29 is 19.1 Å². The third kappa shape index (κ3) is 5.27. The van der Waals surface area contributed by atoms with Crippen LogP contribution in [0, 0.1) is 11.8 Å². The Balaban J connectivity index is 1.69. The topological polar surface area (TPSA) is 82.5 Å². The molecule has 3 atom stereocenters. The number of nitrogens with one attached hydrogen (secondary N) is 1. The molecule has 1 aromatic heterocycles. The van der Waals surface area contributed by atoms with Gasteiger partial charge in [0, 0.05) is 18.4 Å². The van der Waals surface area contributed by atoms with E-state index in [1.54, 1.807) is 6.33 Å². The highest BCUT2D eigenvalue weighted by Gasteiger charge is 2.63. The number of imidazole rings is 1. The molecule has 0 bridgehead atoms. The van der Waals surface area contributed by atoms with Gasteiger partial charge in [0.05, 0.1) is 19.1 Å². The van der Waals surface area contributed by atoms with Gasteiger partial charge < -0.3 is 19.4 Å². The summed E-state index contributed by atoms with van der Waals surface area (Å²) < 4.78 is 12.4. The minimum absolute atomic E-state index is 0.129. The fraction of sp³-hybridized carbons (Fsp3) is 0.542. The molecule has 1 fully saturated rings. The third-order valence-corrected chi connectivity index (χ3v) is 5.88. The number of alkyl carbamates (subject to hydrolysis) is 1. The second-order valence-electron chi connectivity index (χ2n) is 9.26. The number of hydrogen-bond donors (Lipinski definition) is 1. The first-order valence-electron chi connectivity index (χ1n) is 10.8. The lowest BCUT2D eigenvalue weighted by Crippen LogP contribution is -2.35. The summed E-state index contributed by atoms with van der Waals surface area (Å²) in [6.07, 6.45) is 5.65. The zero-order valence-electron chi connectivity index (χ0n) is 19.1. The molecule has 0 aliphatic heterocycles. The molecule has 0 spiro atoms. The van der Waals surface area contributed by atoms with Gasteiger partial charge in [0.2, 0.25) is 0 Å². The smallest absolute Gasteiger partial charge is 0.407 e. The van der Waals surface area contributed by atoms with Crippen LogP contribution in [0.2, 0.25) is 0 Å². The average molecular weight is 428 g/mol. The number of nitrogens with zero attached hydrogens (tertiary/aromatic N) is 2. The van der Waals surface area contributed by atoms with Gasteiger partial charge in [0.1, 0.15) is 11.0 Å². The molecule has 0 saturated heterocycles. The lowest BCUT2D eigenvalue weighted by atomic mass is 9.92. The maximum Gasteiger partial charge on any atom is 0.407 e. The number of rotatable bonds is 8. The molecule has 1 aliphatic rings. The Morgan fingerprint density at radius 3 is 2.61 bits per heavy atom. The van der Waals surface area contributed by atoms with Gasteiger partial charge in [-0.1, -0.05) is 31.5 Å². The summed E-state index contributed by atoms with van der Waals surface area (Å²) in [5, 5.41) is 2.86. The summed E-state index contributed by atoms with van der Waals surface area (Å²) >= 11 is 0. The van der Waals surface area contributed by atoms with Crippen molar-refractivity contribution in [3.63, 3.8) is 0 Å². The molecule has 7 heteroatoms. The summed E-state index contributed by atoms with van der Waals surface area (Å²) in [7, 11) is 1.43. The van der Waals surface area contributed by atoms with Gasteiger partial charge >= 0.3 is 12.1 Å². The second-order valence-corrected chi connectivity index (χ2v) is 9.26. The van der Waals surface area contributed by atoms with Crippen LogP contribution < -0.4 is 5.32 Å². The van der Waals surface area contributed by atoms with Gasteiger partial charge in [0.15, 0.2) is 0 Å². The first-order valence-corrected chi connectivity index (χ1v) is 10.8. The summed E-state index contributed by atoms with van der Waals surface area (Å²) in [5.41, 5.74) is 0.489. The number of carbonyl (C=O) groups excluding carboxylic acids is 2. The fourth-order valence-electron chi connectivity index (χ4n) is 4.10. The molecule has 0 radical (unpaired) electrons. The number of aromatic nitrogens is 2. The van der Waals surface area contributed by atoms with E-state index in [0.717, 1.165) is 24.2 Å². The molecular weight excluding hydrogens is 394 g/mol. The van der Waals surface area contributed by atoms with E-state index < -0.39 is 17.1 Å². The molecular formula is C24H33N3O4. The largest absolute Gasteiger partial charge is 0.468 e. The van der Waals surface area contributed by atoms with Crippen molar-refractivity contribution in [1.82, 2.24) is 14.9 Å². The molecule has 3 rings (SSSR count). The first-order chi connectivity index (χ1) is 14.7. The van der Waals surface area contributed by atoms with Crippen LogP contribution in [-0.4, -0.2) is 40.9 Å². The molecule has 2 aromatic rings. The number of benzene rings is 1. The molecule has 1 N–H and O–H groups in total. The van der Waals surface area contributed by atoms with Gasteiger partial charge in [-0.25, -0.2) is 9.78 Å². The molecule has 168 valence electrons. The molecule has 1 aliphatic carbocycles. The number of carbonyl (C=O) groups is 2. The molecule has 1 saturated carbocycles. The molecule has 1 unspecified atom stereocenters. The van der Waals surface area contributed by atoms with Crippen LogP contribution in [0.3, 0.4) is 0 Å². The molecule has 31 heavy (non-hydrogen) atoms. The molecule has 1 amide bonds. The Kier molecular flexibility index (Phi) is 6.72. The van der Waals surface area contributed by atoms with Crippen molar-refractivity contribution in [3.8, 4) is 5.69 Å². The summed E-state index contributed by atoms with van der Waals surface area (Å²) in [6, 6.07) is 9.89. The summed E-state index contributed by atoms with van der Waals surface area (Å²) in [5.74, 6) is 0.121. The number of esters is 1. The summed E-state index contributed by atoms with van der Waals surface area (Å²) in [4.78, 5) is 29.4. The van der Waals surface area contributed by atoms with E-state index in [1.165, 1.54) is 7.11 Å². The number of hydrogen-bond acceptors (Lipinski definition) is 5. The zero-order chi connectivity index (χ0) is 22.6. The highest BCUT2D eigenvalue weighted by atomic mass is 16.6. The first kappa shape index (κ1) is 22.8. The van der Waals surface area contributed by atoms with E-state index in [4.69, 9.17) is 9.47 Å². The van der Waals surface area contributed by atoms with E-state index in [-0.39, 0.29) is 17.8 Å². The van der Waals surface area contributed by atoms with Crippen LogP contribution in [0.1, 0.15) is 52.7 Å². The average Bonchev–Trinajstić information content (AvgIpc) is 3.23. The normalized spacial score (nSPS) is 21.3. The van der Waals surface area contributed by atoms with Gasteiger partial charge in [-0.2, -0.15) is 0 Å². The second kappa shape index (κ2) is 9.12. The monoisotopic (exact) mass is 427 g/mol. The van der Waals surface area contributed by atoms with Gasteiger partial charge in [-0.15, -0.1) is 0 Å². The fourth-order valence-corrected chi connectivity index (χ4v) is 4.10. The molecule has 1 aromatic carbocycles. The zero-order valence-corrected chi connectivity index (χ0v) is 19.1. The van der Waals surface area contributed by atoms with Gasteiger partial charge in [-0.3, -0.25) is 4.79 Å². The standard InChI is InChI=1S/C24H33N3O4/c1-6-17(14-25-22(29)31-23(2,3)4)12-18-13-24(18,21(28)30-5)20-15-27(16-26-20)19-10-8-7-9-11-19/h7-11,15-18H,6,12-14H2,1-5H3,(H,25,29)/t17-,18-,24?/m0/s1. The molecule has 7 nitrogen and oxygen atoms in total. The van der Waals surface area contributed by atoms with Crippen LogP contribution >= 0.6 is 0 Å². The minimum Gasteiger partial charge on any atom is -0.468 e. The van der Waals surface area contributed by atoms with Crippen LogP contribution in [0.5, 0.6) is 0 Å². The van der Waals surface area contributed by atoms with Crippen molar-refractivity contribution in [2.24, 2.45) is 11.8 Å². The number of amides is 1. The Morgan fingerprint density at radius 2 is 2.00 bits per heavy atom. The number of methoxy groups -OCH3 is 1. The van der Waals surface area contributed by atoms with Crippen LogP contribution in [0.4, 0.5) is 4.79 Å². The number of ether oxygens (including phenoxy) is 2. The van der Waals surface area contributed by atoms with E-state index in [9.17, 15) is 9.59 Å². The Hall–Kier alpha value is -2.83. The maximum absolute atomic E-state index is 12.8.